The third-order valence-electron chi connectivity index (χ3n) is 7.34. The molecule has 2 aliphatic heterocycles. The Labute approximate surface area is 241 Å². The second-order valence-electron chi connectivity index (χ2n) is 10.2. The Bertz CT molecular complexity index is 1690. The van der Waals surface area contributed by atoms with Crippen LogP contribution in [-0.4, -0.2) is 41.6 Å². The quantitative estimate of drug-likeness (QED) is 0.113. The topological polar surface area (TPSA) is 98.2 Å². The van der Waals surface area contributed by atoms with Crippen molar-refractivity contribution >= 4 is 44.1 Å². The van der Waals surface area contributed by atoms with Gasteiger partial charge in [-0.2, -0.15) is 0 Å². The van der Waals surface area contributed by atoms with Gasteiger partial charge < -0.3 is 19.3 Å². The van der Waals surface area contributed by atoms with E-state index in [1.54, 1.807) is 25.3 Å². The number of hydrogen-bond acceptors (Lipinski definition) is 8. The van der Waals surface area contributed by atoms with Crippen molar-refractivity contribution in [2.45, 2.75) is 45.3 Å². The molecule has 2 atom stereocenters. The minimum atomic E-state index is -0.907. The van der Waals surface area contributed by atoms with E-state index in [0.29, 0.717) is 46.3 Å². The van der Waals surface area contributed by atoms with E-state index in [1.807, 2.05) is 49.4 Å². The van der Waals surface area contributed by atoms with Gasteiger partial charge in [0.05, 0.1) is 35.5 Å². The minimum absolute atomic E-state index is 0.00413. The first-order valence-electron chi connectivity index (χ1n) is 13.7. The van der Waals surface area contributed by atoms with Crippen LogP contribution in [0.1, 0.15) is 49.4 Å². The Morgan fingerprint density at radius 2 is 1.98 bits per heavy atom. The van der Waals surface area contributed by atoms with Crippen molar-refractivity contribution in [3.63, 3.8) is 0 Å². The lowest BCUT2D eigenvalue weighted by molar-refractivity contribution is -0.132. The van der Waals surface area contributed by atoms with Gasteiger partial charge in [0.25, 0.3) is 5.78 Å². The van der Waals surface area contributed by atoms with Gasteiger partial charge in [-0.05, 0) is 73.0 Å². The zero-order chi connectivity index (χ0) is 28.7. The number of carbonyl (C=O) groups is 2. The number of aliphatic hydroxyl groups excluding tert-OH is 1. The summed E-state index contributed by atoms with van der Waals surface area (Å²) in [5.74, 6) is 0.285. The maximum absolute atomic E-state index is 13.7. The average molecular weight is 571 g/mol. The Kier molecular flexibility index (Phi) is 7.13. The second kappa shape index (κ2) is 10.9. The highest BCUT2D eigenvalue weighted by molar-refractivity contribution is 7.22. The van der Waals surface area contributed by atoms with Gasteiger partial charge in [-0.25, -0.2) is 4.98 Å². The van der Waals surface area contributed by atoms with Gasteiger partial charge in [-0.1, -0.05) is 36.8 Å². The first-order valence-corrected chi connectivity index (χ1v) is 14.5. The molecule has 1 fully saturated rings. The third-order valence-corrected chi connectivity index (χ3v) is 8.36. The number of Topliss-reactive ketones (excluding diaryl/α,β-unsaturated/α-hetero) is 1. The van der Waals surface area contributed by atoms with Crippen LogP contribution in [0.25, 0.3) is 16.0 Å². The number of aromatic nitrogens is 1. The number of unbranched alkanes of at least 4 members (excludes halogenated alkanes) is 1. The molecule has 1 aromatic heterocycles. The number of carbonyl (C=O) groups excluding carboxylic acids is 2. The van der Waals surface area contributed by atoms with E-state index in [9.17, 15) is 14.7 Å². The number of thiazole rings is 1. The number of hydrogen-bond donors (Lipinski definition) is 1. The molecule has 3 aromatic carbocycles. The number of ketones is 1. The summed E-state index contributed by atoms with van der Waals surface area (Å²) >= 11 is 1.29. The summed E-state index contributed by atoms with van der Waals surface area (Å²) in [5, 5.41) is 12.0. The van der Waals surface area contributed by atoms with E-state index < -0.39 is 17.7 Å². The average Bonchev–Trinajstić information content (AvgIpc) is 3.64. The Hall–Kier alpha value is -4.37. The van der Waals surface area contributed by atoms with Gasteiger partial charge in [-0.3, -0.25) is 14.5 Å². The molecule has 41 heavy (non-hydrogen) atoms. The molecule has 6 rings (SSSR count). The first-order chi connectivity index (χ1) is 19.9. The maximum atomic E-state index is 13.7. The number of methoxy groups -OCH3 is 1. The first kappa shape index (κ1) is 26.8. The highest BCUT2D eigenvalue weighted by Gasteiger charge is 2.48. The molecule has 1 N–H and O–H groups in total. The van der Waals surface area contributed by atoms with Crippen LogP contribution in [0.4, 0.5) is 5.13 Å². The van der Waals surface area contributed by atoms with E-state index in [1.165, 1.54) is 16.2 Å². The molecule has 1 amide bonds. The number of fused-ring (bicyclic) bond motifs is 2. The van der Waals surface area contributed by atoms with Crippen molar-refractivity contribution in [1.82, 2.24) is 4.98 Å². The standard InChI is InChI=1S/C32H30N2O6S/c1-4-5-13-39-23-8-6-7-19(16-23)28-27(29(35)20-9-12-25-21(15-20)14-18(2)40-25)30(36)31(37)34(28)32-33-24-11-10-22(38-3)17-26(24)41-32/h6-12,15-18,28,35H,4-5,13-14H2,1-3H3/b29-27+. The summed E-state index contributed by atoms with van der Waals surface area (Å²) in [6.45, 7) is 4.62. The molecule has 1 saturated heterocycles. The monoisotopic (exact) mass is 570 g/mol. The summed E-state index contributed by atoms with van der Waals surface area (Å²) in [6, 6.07) is 17.2. The molecule has 210 valence electrons. The fourth-order valence-corrected chi connectivity index (χ4v) is 6.32. The van der Waals surface area contributed by atoms with Gasteiger partial charge in [-0.15, -0.1) is 0 Å². The number of benzene rings is 3. The predicted molar refractivity (Wildman–Crippen MR) is 158 cm³/mol. The molecule has 0 aliphatic carbocycles. The van der Waals surface area contributed by atoms with Crippen LogP contribution in [0.3, 0.4) is 0 Å². The molecule has 2 unspecified atom stereocenters. The smallest absolute Gasteiger partial charge is 0.301 e. The lowest BCUT2D eigenvalue weighted by atomic mass is 9.94. The van der Waals surface area contributed by atoms with Crippen molar-refractivity contribution < 1.29 is 28.9 Å². The van der Waals surface area contributed by atoms with Crippen LogP contribution in [0.15, 0.2) is 66.2 Å². The predicted octanol–water partition coefficient (Wildman–Crippen LogP) is 6.43. The van der Waals surface area contributed by atoms with Gasteiger partial charge in [0.15, 0.2) is 5.13 Å². The molecule has 4 aromatic rings. The van der Waals surface area contributed by atoms with Crippen LogP contribution in [0.2, 0.25) is 0 Å². The summed E-state index contributed by atoms with van der Waals surface area (Å²) < 4.78 is 17.9. The summed E-state index contributed by atoms with van der Waals surface area (Å²) in [6.07, 6.45) is 2.62. The van der Waals surface area contributed by atoms with Crippen LogP contribution in [0, 0.1) is 0 Å². The van der Waals surface area contributed by atoms with E-state index in [2.05, 4.69) is 6.92 Å². The van der Waals surface area contributed by atoms with Crippen LogP contribution in [-0.2, 0) is 16.0 Å². The Morgan fingerprint density at radius 1 is 1.12 bits per heavy atom. The van der Waals surface area contributed by atoms with Gasteiger partial charge in [0.1, 0.15) is 29.1 Å². The Balaban J connectivity index is 1.49. The van der Waals surface area contributed by atoms with Crippen molar-refractivity contribution in [1.29, 1.82) is 0 Å². The normalized spacial score (nSPS) is 19.4. The summed E-state index contributed by atoms with van der Waals surface area (Å²) in [7, 11) is 1.59. The molecule has 2 aliphatic rings. The molecule has 0 radical (unpaired) electrons. The van der Waals surface area contributed by atoms with E-state index in [-0.39, 0.29) is 17.4 Å². The number of aliphatic hydroxyl groups is 1. The molecule has 0 spiro atoms. The SMILES string of the molecule is CCCCOc1cccc(C2/C(=C(\O)c3ccc4c(c3)CC(C)O4)C(=O)C(=O)N2c2nc3ccc(OC)cc3s2)c1. The zero-order valence-corrected chi connectivity index (χ0v) is 23.9. The summed E-state index contributed by atoms with van der Waals surface area (Å²) in [4.78, 5) is 33.4. The van der Waals surface area contributed by atoms with Crippen LogP contribution >= 0.6 is 11.3 Å². The largest absolute Gasteiger partial charge is 0.507 e. The van der Waals surface area contributed by atoms with Crippen molar-refractivity contribution in [3.05, 3.63) is 82.9 Å². The van der Waals surface area contributed by atoms with Gasteiger partial charge >= 0.3 is 5.91 Å². The van der Waals surface area contributed by atoms with Crippen molar-refractivity contribution in [2.75, 3.05) is 18.6 Å². The van der Waals surface area contributed by atoms with Crippen molar-refractivity contribution in [2.24, 2.45) is 0 Å². The molecular formula is C32H30N2O6S. The molecule has 0 bridgehead atoms. The number of nitrogens with zero attached hydrogens (tertiary/aromatic N) is 2. The third kappa shape index (κ3) is 4.91. The van der Waals surface area contributed by atoms with E-state index in [4.69, 9.17) is 19.2 Å². The lowest BCUT2D eigenvalue weighted by Gasteiger charge is -2.23. The number of ether oxygens (including phenoxy) is 3. The number of amides is 1. The van der Waals surface area contributed by atoms with Gasteiger partial charge in [0, 0.05) is 12.0 Å². The highest BCUT2D eigenvalue weighted by Crippen LogP contribution is 2.45. The second-order valence-corrected chi connectivity index (χ2v) is 11.2. The molecule has 3 heterocycles. The molecule has 8 nitrogen and oxygen atoms in total. The van der Waals surface area contributed by atoms with Crippen molar-refractivity contribution in [3.8, 4) is 17.2 Å². The molecule has 9 heteroatoms. The Morgan fingerprint density at radius 3 is 2.78 bits per heavy atom. The minimum Gasteiger partial charge on any atom is -0.507 e. The highest BCUT2D eigenvalue weighted by atomic mass is 32.1. The fraction of sp³-hybridized carbons (Fsp3) is 0.281. The number of anilines is 1. The van der Waals surface area contributed by atoms with Crippen LogP contribution in [0.5, 0.6) is 17.2 Å². The number of rotatable bonds is 8. The fourth-order valence-electron chi connectivity index (χ4n) is 5.30. The van der Waals surface area contributed by atoms with Crippen LogP contribution < -0.4 is 19.1 Å². The zero-order valence-electron chi connectivity index (χ0n) is 23.0. The molecular weight excluding hydrogens is 540 g/mol. The summed E-state index contributed by atoms with van der Waals surface area (Å²) in [5.41, 5.74) is 2.71. The maximum Gasteiger partial charge on any atom is 0.301 e. The molecule has 0 saturated carbocycles. The van der Waals surface area contributed by atoms with E-state index in [0.717, 1.165) is 28.9 Å². The lowest BCUT2D eigenvalue weighted by Crippen LogP contribution is -2.29. The van der Waals surface area contributed by atoms with E-state index >= 15 is 0 Å². The van der Waals surface area contributed by atoms with Gasteiger partial charge in [0.2, 0.25) is 0 Å².